The molecule has 0 spiro atoms. The molecule has 2 aromatic carbocycles. The smallest absolute Gasteiger partial charge is 0.480 e. The molecule has 46 heavy (non-hydrogen) atoms. The first-order chi connectivity index (χ1) is 21.3. The van der Waals surface area contributed by atoms with E-state index in [-0.39, 0.29) is 30.0 Å². The van der Waals surface area contributed by atoms with Gasteiger partial charge in [-0.3, -0.25) is 14.5 Å². The van der Waals surface area contributed by atoms with E-state index in [1.807, 2.05) is 0 Å². The number of nitriles is 1. The third-order valence-corrected chi connectivity index (χ3v) is 7.70. The summed E-state index contributed by atoms with van der Waals surface area (Å²) in [4.78, 5) is 41.4. The first kappa shape index (κ1) is 34.1. The maximum absolute atomic E-state index is 13.5. The molecule has 1 unspecified atom stereocenters. The average Bonchev–Trinajstić information content (AvgIpc) is 3.74. The van der Waals surface area contributed by atoms with Crippen LogP contribution in [0.25, 0.3) is 0 Å². The molecular weight excluding hydrogens is 624 g/mol. The Morgan fingerprint density at radius 1 is 1.11 bits per heavy atom. The molecule has 2 aliphatic heterocycles. The lowest BCUT2D eigenvalue weighted by molar-refractivity contribution is -0.201. The van der Waals surface area contributed by atoms with Crippen LogP contribution in [0.2, 0.25) is 0 Å². The van der Waals surface area contributed by atoms with E-state index in [0.717, 1.165) is 0 Å². The van der Waals surface area contributed by atoms with Crippen molar-refractivity contribution in [2.45, 2.75) is 69.2 Å². The maximum Gasteiger partial charge on any atom is 0.490 e. The van der Waals surface area contributed by atoms with Crippen molar-refractivity contribution in [3.8, 4) is 11.8 Å². The molecule has 5 atom stereocenters. The van der Waals surface area contributed by atoms with Crippen molar-refractivity contribution in [1.82, 2.24) is 10.2 Å². The van der Waals surface area contributed by atoms with Gasteiger partial charge in [0.05, 0.1) is 35.7 Å². The molecule has 0 bridgehead atoms. The van der Waals surface area contributed by atoms with Crippen LogP contribution in [0.1, 0.15) is 61.9 Å². The van der Waals surface area contributed by atoms with Crippen molar-refractivity contribution in [2.24, 2.45) is 22.6 Å². The minimum absolute atomic E-state index is 0.0445. The Balaban J connectivity index is 0.000000617. The van der Waals surface area contributed by atoms with E-state index < -0.39 is 60.3 Å². The molecule has 0 saturated heterocycles. The molecule has 2 aromatic rings. The fraction of sp³-hybridized carbons (Fsp3) is 0.433. The number of carbonyl (C=O) groups excluding carboxylic acids is 2. The lowest BCUT2D eigenvalue weighted by Gasteiger charge is -2.38. The highest BCUT2D eigenvalue weighted by molar-refractivity contribution is 5.99. The van der Waals surface area contributed by atoms with Crippen LogP contribution < -0.4 is 15.8 Å². The first-order valence-corrected chi connectivity index (χ1v) is 13.9. The van der Waals surface area contributed by atoms with Crippen molar-refractivity contribution in [1.29, 1.82) is 5.26 Å². The van der Waals surface area contributed by atoms with Crippen LogP contribution in [0.15, 0.2) is 53.5 Å². The van der Waals surface area contributed by atoms with Crippen molar-refractivity contribution in [3.05, 3.63) is 65.2 Å². The first-order valence-electron chi connectivity index (χ1n) is 13.9. The summed E-state index contributed by atoms with van der Waals surface area (Å²) in [5.41, 5.74) is 7.21. The molecule has 0 aromatic heterocycles. The van der Waals surface area contributed by atoms with Gasteiger partial charge in [0.2, 0.25) is 11.8 Å². The number of benzene rings is 2. The second kappa shape index (κ2) is 12.5. The predicted molar refractivity (Wildman–Crippen MR) is 149 cm³/mol. The zero-order valence-electron chi connectivity index (χ0n) is 24.4. The second-order valence-electron chi connectivity index (χ2n) is 11.7. The van der Waals surface area contributed by atoms with Gasteiger partial charge in [-0.2, -0.15) is 31.6 Å². The van der Waals surface area contributed by atoms with Gasteiger partial charge >= 0.3 is 18.3 Å². The number of nitrogens with two attached hydrogens (primary N) is 1. The normalized spacial score (nSPS) is 24.1. The largest absolute Gasteiger partial charge is 0.490 e. The Kier molecular flexibility index (Phi) is 9.28. The summed E-state index contributed by atoms with van der Waals surface area (Å²) in [6.45, 7) is 3.61. The number of halogens is 6. The molecule has 246 valence electrons. The Hall–Kier alpha value is -4.81. The lowest BCUT2D eigenvalue weighted by Crippen LogP contribution is -2.52. The standard InChI is InChI=1S/C28H28F3N5O3.C2HF3O2/c1-27(2)13-23(37)36(26(33)35-27)24(16-9-7-15(14-32)8-10-16)18-11-19(18)25(38)34-20-12-22(28(29,30)31)39-21-6-4-3-5-17(20)21;3-2(4,5)1(6)7/h3-10,18-20,22,24H,11-13H2,1-2H3,(H2,33,35)(H,34,38);(H,6,7)/t18-,19-,20-,22-,24?;/m1./s1. The summed E-state index contributed by atoms with van der Waals surface area (Å²) in [6.07, 6.45) is -11.6. The third kappa shape index (κ3) is 7.69. The number of carboxylic acid groups (broad SMARTS) is 1. The summed E-state index contributed by atoms with van der Waals surface area (Å²) in [6, 6.07) is 13.6. The molecule has 2 heterocycles. The van der Waals surface area contributed by atoms with E-state index in [1.165, 1.54) is 11.0 Å². The van der Waals surface area contributed by atoms with Gasteiger partial charge in [0.1, 0.15) is 5.75 Å². The molecule has 2 amide bonds. The number of para-hydroxylation sites is 1. The SMILES string of the molecule is CC1(C)CC(=O)N(C(c2ccc(C#N)cc2)[C@@H]2C[C@H]2C(=O)N[C@@H]2C[C@H](C(F)(F)F)Oc3ccccc32)C(N)=N1.O=C(O)C(F)(F)F. The highest BCUT2D eigenvalue weighted by Crippen LogP contribution is 2.52. The monoisotopic (exact) mass is 653 g/mol. The number of aliphatic carboxylic acids is 1. The summed E-state index contributed by atoms with van der Waals surface area (Å²) >= 11 is 0. The number of nitrogens with one attached hydrogen (secondary N) is 1. The van der Waals surface area contributed by atoms with Gasteiger partial charge in [0.15, 0.2) is 12.1 Å². The topological polar surface area (TPSA) is 158 Å². The van der Waals surface area contributed by atoms with Crippen LogP contribution in [-0.4, -0.2) is 57.7 Å². The number of carboxylic acids is 1. The zero-order valence-corrected chi connectivity index (χ0v) is 24.4. The molecule has 5 rings (SSSR count). The quantitative estimate of drug-likeness (QED) is 0.393. The number of hydrogen-bond donors (Lipinski definition) is 3. The predicted octanol–water partition coefficient (Wildman–Crippen LogP) is 4.77. The van der Waals surface area contributed by atoms with E-state index in [0.29, 0.717) is 23.1 Å². The minimum atomic E-state index is -5.08. The Morgan fingerprint density at radius 2 is 1.72 bits per heavy atom. The molecule has 4 N–H and O–H groups in total. The summed E-state index contributed by atoms with van der Waals surface area (Å²) in [5.74, 6) is -4.16. The van der Waals surface area contributed by atoms with Crippen LogP contribution in [0.5, 0.6) is 5.75 Å². The number of amides is 2. The fourth-order valence-electron chi connectivity index (χ4n) is 5.53. The number of guanidine groups is 1. The van der Waals surface area contributed by atoms with Crippen molar-refractivity contribution < 1.29 is 50.6 Å². The molecule has 1 fully saturated rings. The van der Waals surface area contributed by atoms with E-state index in [1.54, 1.807) is 56.3 Å². The molecular formula is C30H29F6N5O5. The van der Waals surface area contributed by atoms with Gasteiger partial charge in [0, 0.05) is 17.9 Å². The number of rotatable bonds is 5. The van der Waals surface area contributed by atoms with Gasteiger partial charge in [-0.1, -0.05) is 30.3 Å². The molecule has 1 saturated carbocycles. The van der Waals surface area contributed by atoms with Crippen molar-refractivity contribution in [3.63, 3.8) is 0 Å². The number of aliphatic imine (C=N–C) groups is 1. The fourth-order valence-corrected chi connectivity index (χ4v) is 5.53. The summed E-state index contributed by atoms with van der Waals surface area (Å²) in [7, 11) is 0. The van der Waals surface area contributed by atoms with Crippen molar-refractivity contribution >= 4 is 23.7 Å². The molecule has 0 radical (unpaired) electrons. The highest BCUT2D eigenvalue weighted by Gasteiger charge is 2.54. The van der Waals surface area contributed by atoms with Gasteiger partial charge in [-0.05, 0) is 49.9 Å². The Morgan fingerprint density at radius 3 is 2.26 bits per heavy atom. The zero-order chi connectivity index (χ0) is 34.2. The van der Waals surface area contributed by atoms with Crippen LogP contribution in [-0.2, 0) is 14.4 Å². The number of fused-ring (bicyclic) bond motifs is 1. The number of ether oxygens (including phenoxy) is 1. The maximum atomic E-state index is 13.5. The van der Waals surface area contributed by atoms with E-state index in [2.05, 4.69) is 16.4 Å². The summed E-state index contributed by atoms with van der Waals surface area (Å²) in [5, 5.41) is 19.1. The minimum Gasteiger partial charge on any atom is -0.480 e. The van der Waals surface area contributed by atoms with Crippen molar-refractivity contribution in [2.75, 3.05) is 0 Å². The Bertz CT molecular complexity index is 1570. The molecule has 3 aliphatic rings. The summed E-state index contributed by atoms with van der Waals surface area (Å²) < 4.78 is 77.5. The lowest BCUT2D eigenvalue weighted by atomic mass is 9.93. The van der Waals surface area contributed by atoms with Crippen LogP contribution in [0.3, 0.4) is 0 Å². The van der Waals surface area contributed by atoms with E-state index in [9.17, 15) is 41.2 Å². The molecule has 10 nitrogen and oxygen atoms in total. The number of alkyl halides is 6. The number of hydrogen-bond acceptors (Lipinski definition) is 7. The van der Waals surface area contributed by atoms with Crippen LogP contribution in [0.4, 0.5) is 26.3 Å². The van der Waals surface area contributed by atoms with E-state index >= 15 is 0 Å². The van der Waals surface area contributed by atoms with Gasteiger partial charge in [0.25, 0.3) is 0 Å². The highest BCUT2D eigenvalue weighted by atomic mass is 19.4. The van der Waals surface area contributed by atoms with Gasteiger partial charge in [-0.25, -0.2) is 9.79 Å². The van der Waals surface area contributed by atoms with Crippen LogP contribution in [0, 0.1) is 23.2 Å². The third-order valence-electron chi connectivity index (χ3n) is 7.70. The number of carbonyl (C=O) groups is 3. The number of nitrogens with zero attached hydrogens (tertiary/aromatic N) is 3. The van der Waals surface area contributed by atoms with E-state index in [4.69, 9.17) is 20.4 Å². The average molecular weight is 654 g/mol. The Labute approximate surface area is 258 Å². The van der Waals surface area contributed by atoms with Crippen LogP contribution >= 0.6 is 0 Å². The second-order valence-corrected chi connectivity index (χ2v) is 11.7. The van der Waals surface area contributed by atoms with Gasteiger partial charge < -0.3 is 20.9 Å². The molecule has 16 heteroatoms. The van der Waals surface area contributed by atoms with Gasteiger partial charge in [-0.15, -0.1) is 0 Å². The molecule has 1 aliphatic carbocycles.